The average molecular weight is 581 g/mol. The van der Waals surface area contributed by atoms with E-state index in [1.807, 2.05) is 0 Å². The molecule has 0 aromatic rings. The summed E-state index contributed by atoms with van der Waals surface area (Å²) in [7, 11) is 1.06. The van der Waals surface area contributed by atoms with Crippen LogP contribution in [0.5, 0.6) is 0 Å². The van der Waals surface area contributed by atoms with E-state index in [4.69, 9.17) is 35.2 Å². The van der Waals surface area contributed by atoms with E-state index in [0.717, 1.165) is 7.11 Å². The third kappa shape index (κ3) is 3.70. The van der Waals surface area contributed by atoms with Gasteiger partial charge in [-0.1, -0.05) is 6.92 Å². The number of hydrogen-bond acceptors (Lipinski definition) is 14. The van der Waals surface area contributed by atoms with Crippen LogP contribution in [0.1, 0.15) is 40.5 Å². The molecular formula is C27H36N2O12. The molecule has 0 radical (unpaired) electrons. The summed E-state index contributed by atoms with van der Waals surface area (Å²) in [5.74, 6) is -7.38. The Balaban J connectivity index is 1.70. The second-order valence-electron chi connectivity index (χ2n) is 12.3. The largest absolute Gasteiger partial charge is 0.467 e. The summed E-state index contributed by atoms with van der Waals surface area (Å²) in [5, 5.41) is 23.4. The summed E-state index contributed by atoms with van der Waals surface area (Å²) in [6.45, 7) is 5.87. The number of fused-ring (bicyclic) bond motifs is 2. The summed E-state index contributed by atoms with van der Waals surface area (Å²) in [6.07, 6.45) is -6.43. The number of aliphatic hydroxyl groups excluding tert-OH is 2. The van der Waals surface area contributed by atoms with Crippen LogP contribution in [0.2, 0.25) is 0 Å². The summed E-state index contributed by atoms with van der Waals surface area (Å²) >= 11 is 0. The van der Waals surface area contributed by atoms with Crippen LogP contribution in [0.25, 0.3) is 0 Å². The molecule has 0 amide bonds. The fourth-order valence-electron chi connectivity index (χ4n) is 8.41. The maximum atomic E-state index is 13.5. The van der Waals surface area contributed by atoms with Gasteiger partial charge in [-0.15, -0.1) is 0 Å². The van der Waals surface area contributed by atoms with E-state index < -0.39 is 100 Å². The van der Waals surface area contributed by atoms with Crippen molar-refractivity contribution in [3.8, 4) is 0 Å². The van der Waals surface area contributed by atoms with Gasteiger partial charge in [-0.25, -0.2) is 14.4 Å². The van der Waals surface area contributed by atoms with Gasteiger partial charge >= 0.3 is 23.9 Å². The Kier molecular flexibility index (Phi) is 6.90. The lowest BCUT2D eigenvalue weighted by Crippen LogP contribution is -2.79. The number of rotatable bonds is 5. The number of nitrogens with two attached hydrogens (primary N) is 2. The molecule has 6 N–H and O–H groups in total. The maximum absolute atomic E-state index is 13.5. The lowest BCUT2D eigenvalue weighted by Gasteiger charge is -2.67. The van der Waals surface area contributed by atoms with E-state index in [1.165, 1.54) is 13.8 Å². The molecule has 41 heavy (non-hydrogen) atoms. The van der Waals surface area contributed by atoms with Crippen LogP contribution >= 0.6 is 0 Å². The first kappa shape index (κ1) is 29.6. The van der Waals surface area contributed by atoms with Crippen LogP contribution in [-0.2, 0) is 47.7 Å². The van der Waals surface area contributed by atoms with Crippen molar-refractivity contribution in [3.63, 3.8) is 0 Å². The molecule has 4 fully saturated rings. The van der Waals surface area contributed by atoms with Crippen molar-refractivity contribution in [1.29, 1.82) is 0 Å². The van der Waals surface area contributed by atoms with Crippen LogP contribution in [0.4, 0.5) is 0 Å². The molecule has 0 aromatic carbocycles. The molecular weight excluding hydrogens is 544 g/mol. The van der Waals surface area contributed by atoms with Gasteiger partial charge in [0.15, 0.2) is 11.5 Å². The lowest BCUT2D eigenvalue weighted by molar-refractivity contribution is -0.290. The highest BCUT2D eigenvalue weighted by atomic mass is 16.6. The molecule has 2 heterocycles. The number of carbonyl (C=O) groups is 5. The molecule has 2 bridgehead atoms. The van der Waals surface area contributed by atoms with Crippen molar-refractivity contribution in [3.05, 3.63) is 11.3 Å². The van der Waals surface area contributed by atoms with E-state index in [-0.39, 0.29) is 25.2 Å². The van der Waals surface area contributed by atoms with Crippen molar-refractivity contribution >= 4 is 29.7 Å². The van der Waals surface area contributed by atoms with Gasteiger partial charge in [0, 0.05) is 17.8 Å². The number of ketones is 1. The van der Waals surface area contributed by atoms with Gasteiger partial charge in [0.2, 0.25) is 11.7 Å². The molecule has 14 heteroatoms. The molecule has 5 rings (SSSR count). The van der Waals surface area contributed by atoms with Gasteiger partial charge in [0.1, 0.15) is 24.3 Å². The number of carbonyl (C=O) groups excluding carboxylic acids is 5. The normalized spacial score (nSPS) is 44.2. The first-order valence-electron chi connectivity index (χ1n) is 13.6. The lowest BCUT2D eigenvalue weighted by atomic mass is 9.38. The first-order chi connectivity index (χ1) is 19.1. The Hall–Kier alpha value is -2.91. The zero-order chi connectivity index (χ0) is 30.4. The Morgan fingerprint density at radius 3 is 2.29 bits per heavy atom. The number of aliphatic hydroxyl groups is 2. The van der Waals surface area contributed by atoms with Crippen LogP contribution in [0.15, 0.2) is 11.3 Å². The highest BCUT2D eigenvalue weighted by molar-refractivity contribution is 5.98. The van der Waals surface area contributed by atoms with E-state index >= 15 is 0 Å². The third-order valence-corrected chi connectivity index (χ3v) is 10.0. The minimum absolute atomic E-state index is 0.102. The first-order valence-corrected chi connectivity index (χ1v) is 13.6. The van der Waals surface area contributed by atoms with Crippen molar-refractivity contribution in [2.75, 3.05) is 13.7 Å². The predicted octanol–water partition coefficient (Wildman–Crippen LogP) is -1.77. The van der Waals surface area contributed by atoms with Gasteiger partial charge < -0.3 is 45.4 Å². The average Bonchev–Trinajstić information content (AvgIpc) is 3.21. The monoisotopic (exact) mass is 580 g/mol. The van der Waals surface area contributed by atoms with Gasteiger partial charge in [0.25, 0.3) is 0 Å². The molecule has 2 saturated carbocycles. The minimum atomic E-state index is -2.28. The van der Waals surface area contributed by atoms with Gasteiger partial charge in [0.05, 0.1) is 25.7 Å². The van der Waals surface area contributed by atoms with E-state index in [9.17, 15) is 34.2 Å². The van der Waals surface area contributed by atoms with Crippen molar-refractivity contribution < 1.29 is 57.9 Å². The summed E-state index contributed by atoms with van der Waals surface area (Å²) in [5.41, 5.74) is 6.96. The van der Waals surface area contributed by atoms with E-state index in [1.54, 1.807) is 13.8 Å². The number of esters is 4. The zero-order valence-electron chi connectivity index (χ0n) is 23.4. The van der Waals surface area contributed by atoms with Crippen LogP contribution in [-0.4, -0.2) is 95.7 Å². The van der Waals surface area contributed by atoms with Crippen LogP contribution in [0.3, 0.4) is 0 Å². The molecule has 3 aliphatic carbocycles. The molecule has 2 saturated heterocycles. The number of methoxy groups -OCH3 is 1. The number of allylic oxidation sites excluding steroid dienone is 2. The molecule has 2 aliphatic heterocycles. The summed E-state index contributed by atoms with van der Waals surface area (Å²) in [4.78, 5) is 65.3. The molecule has 14 nitrogen and oxygen atoms in total. The standard InChI is InChI=1S/C27H36N2O12/c1-9-12-6-14-26-8-38-27(24(36)37-5,19(26)17(23(35)39-14)41-22(34)11(3)29)20(32)15(31)18(26)25(12,4)7-13(30)16(9)40-21(33)10(2)28/h10-12,14-15,17-20,31-32H,6-8,28-29H2,1-5H3/t10?,11?,12-,14+,15+,17+,18+,19+,20-,25-,26+,27-/m0/s1. The van der Waals surface area contributed by atoms with Crippen LogP contribution < -0.4 is 11.5 Å². The smallest absolute Gasteiger partial charge is 0.348 e. The predicted molar refractivity (Wildman–Crippen MR) is 134 cm³/mol. The molecule has 5 aliphatic rings. The fourth-order valence-corrected chi connectivity index (χ4v) is 8.41. The Morgan fingerprint density at radius 1 is 1.07 bits per heavy atom. The second-order valence-corrected chi connectivity index (χ2v) is 12.3. The Bertz CT molecular complexity index is 1250. The highest BCUT2D eigenvalue weighted by Crippen LogP contribution is 2.72. The molecule has 1 spiro atoms. The van der Waals surface area contributed by atoms with Crippen molar-refractivity contribution in [2.24, 2.45) is 40.1 Å². The summed E-state index contributed by atoms with van der Waals surface area (Å²) < 4.78 is 27.8. The number of hydrogen-bond donors (Lipinski definition) is 4. The molecule has 2 unspecified atom stereocenters. The number of ether oxygens (including phenoxy) is 5. The Morgan fingerprint density at radius 2 is 1.71 bits per heavy atom. The SMILES string of the molecule is COC(=O)[C@@]12OC[C@]34[C@H]([C@@H](O)[C@@H]1O)[C@@]1(C)CC(=O)C(OC(=O)C(C)N)=C(C)[C@@H]1C[C@H]3OC(=O)[C@H](OC(=O)C(C)N)[C@@H]24. The molecule has 0 aromatic heterocycles. The zero-order valence-corrected chi connectivity index (χ0v) is 23.4. The fraction of sp³-hybridized carbons (Fsp3) is 0.741. The second kappa shape index (κ2) is 9.56. The van der Waals surface area contributed by atoms with E-state index in [2.05, 4.69) is 0 Å². The van der Waals surface area contributed by atoms with Crippen LogP contribution in [0, 0.1) is 28.6 Å². The topological polar surface area (TPSA) is 224 Å². The Labute approximate surface area is 235 Å². The maximum Gasteiger partial charge on any atom is 0.348 e. The quantitative estimate of drug-likeness (QED) is 0.209. The van der Waals surface area contributed by atoms with Gasteiger partial charge in [-0.2, -0.15) is 0 Å². The van der Waals surface area contributed by atoms with Gasteiger partial charge in [-0.05, 0) is 44.1 Å². The molecule has 12 atom stereocenters. The number of Topliss-reactive ketones (excluding diaryl/α,β-unsaturated/α-hetero) is 1. The van der Waals surface area contributed by atoms with Crippen molar-refractivity contribution in [1.82, 2.24) is 0 Å². The highest BCUT2D eigenvalue weighted by Gasteiger charge is 2.85. The van der Waals surface area contributed by atoms with Crippen molar-refractivity contribution in [2.45, 2.75) is 82.6 Å². The third-order valence-electron chi connectivity index (χ3n) is 10.0. The minimum Gasteiger partial charge on any atom is -0.467 e. The summed E-state index contributed by atoms with van der Waals surface area (Å²) in [6, 6.07) is -2.12. The van der Waals surface area contributed by atoms with E-state index in [0.29, 0.717) is 5.57 Å². The molecule has 226 valence electrons. The van der Waals surface area contributed by atoms with Gasteiger partial charge in [-0.3, -0.25) is 9.59 Å².